The van der Waals surface area contributed by atoms with Gasteiger partial charge in [-0.3, -0.25) is 0 Å². The van der Waals surface area contributed by atoms with Crippen LogP contribution in [0, 0.1) is 0 Å². The maximum Gasteiger partial charge on any atom is 0.164 e. The summed E-state index contributed by atoms with van der Waals surface area (Å²) in [5.74, 6) is 2.83. The monoisotopic (exact) mass is 821 g/mol. The van der Waals surface area contributed by atoms with Gasteiger partial charge in [0.15, 0.2) is 17.5 Å². The van der Waals surface area contributed by atoms with Crippen molar-refractivity contribution >= 4 is 60.7 Å². The molecule has 0 spiro atoms. The van der Waals surface area contributed by atoms with Crippen LogP contribution in [0.15, 0.2) is 205 Å². The van der Waals surface area contributed by atoms with Crippen molar-refractivity contribution in [3.8, 4) is 51.0 Å². The topological polar surface area (TPSA) is 61.7 Å². The molecule has 302 valence electrons. The molecule has 8 aromatic carbocycles. The summed E-state index contributed by atoms with van der Waals surface area (Å²) in [6.07, 6.45) is 6.39. The number of hydrogen-bond donors (Lipinski definition) is 0. The van der Waals surface area contributed by atoms with Crippen LogP contribution in [0.4, 0.5) is 0 Å². The standard InChI is InChI=1S/C58H39N5O/c1-4-19-37(20-5-1)56-59-57(38-21-6-2-7-22-38)61-58(60-56)48-29-11-10-25-40(48)45-30-18-31-46-47-28-14-17-34-51(55(47)64-54(45)46)63-50-33-16-13-27-42(50)44-36-35-43-41-26-12-15-32-49(41)62(52(43)53(44)63)39-23-8-3-9-24-39/h1-16,18-33,35-36,51H,17,34H2. The van der Waals surface area contributed by atoms with Crippen LogP contribution in [-0.2, 0) is 0 Å². The molecule has 4 heterocycles. The van der Waals surface area contributed by atoms with Gasteiger partial charge in [0.1, 0.15) is 11.3 Å². The molecule has 1 aliphatic rings. The SMILES string of the molecule is C1=Cc2c(oc3c(-c4ccccc4-c4nc(-c5ccccc5)nc(-c5ccccc5)n4)cccc23)C(n2c3ccccc3c3ccc4c5ccccc5n(-c5ccccc5)c4c32)CC1. The second kappa shape index (κ2) is 14.6. The molecule has 6 nitrogen and oxygen atoms in total. The molecule has 4 aromatic heterocycles. The third-order valence-electron chi connectivity index (χ3n) is 13.0. The Morgan fingerprint density at radius 2 is 0.984 bits per heavy atom. The van der Waals surface area contributed by atoms with E-state index in [9.17, 15) is 0 Å². The molecule has 1 unspecified atom stereocenters. The summed E-state index contributed by atoms with van der Waals surface area (Å²) >= 11 is 0. The number of benzene rings is 8. The van der Waals surface area contributed by atoms with E-state index in [0.29, 0.717) is 17.5 Å². The lowest BCUT2D eigenvalue weighted by Gasteiger charge is -2.20. The van der Waals surface area contributed by atoms with Crippen LogP contribution in [0.2, 0.25) is 0 Å². The van der Waals surface area contributed by atoms with Gasteiger partial charge in [0, 0.05) is 66.0 Å². The number of para-hydroxylation sites is 4. The van der Waals surface area contributed by atoms with Gasteiger partial charge in [0.2, 0.25) is 0 Å². The zero-order valence-electron chi connectivity index (χ0n) is 34.8. The largest absolute Gasteiger partial charge is 0.458 e. The molecule has 12 aromatic rings. The highest BCUT2D eigenvalue weighted by atomic mass is 16.3. The van der Waals surface area contributed by atoms with Gasteiger partial charge in [-0.25, -0.2) is 15.0 Å². The van der Waals surface area contributed by atoms with E-state index < -0.39 is 0 Å². The Hall–Kier alpha value is -8.35. The van der Waals surface area contributed by atoms with Crippen LogP contribution in [0.3, 0.4) is 0 Å². The number of hydrogen-bond acceptors (Lipinski definition) is 4. The van der Waals surface area contributed by atoms with Crippen molar-refractivity contribution in [1.29, 1.82) is 0 Å². The normalized spacial score (nSPS) is 13.9. The van der Waals surface area contributed by atoms with E-state index in [1.54, 1.807) is 0 Å². The highest BCUT2D eigenvalue weighted by Crippen LogP contribution is 2.47. The van der Waals surface area contributed by atoms with Gasteiger partial charge in [-0.15, -0.1) is 0 Å². The van der Waals surface area contributed by atoms with E-state index in [4.69, 9.17) is 19.4 Å². The summed E-state index contributed by atoms with van der Waals surface area (Å²) in [4.78, 5) is 15.3. The van der Waals surface area contributed by atoms with Crippen LogP contribution in [0.25, 0.3) is 112 Å². The summed E-state index contributed by atoms with van der Waals surface area (Å²) in [6, 6.07) is 68.2. The molecule has 0 N–H and O–H groups in total. The third kappa shape index (κ3) is 5.62. The fourth-order valence-electron chi connectivity index (χ4n) is 10.2. The van der Waals surface area contributed by atoms with Crippen molar-refractivity contribution in [2.24, 2.45) is 0 Å². The molecule has 13 rings (SSSR count). The van der Waals surface area contributed by atoms with Gasteiger partial charge in [0.05, 0.1) is 22.6 Å². The molecule has 1 aliphatic carbocycles. The van der Waals surface area contributed by atoms with Gasteiger partial charge < -0.3 is 13.6 Å². The van der Waals surface area contributed by atoms with Crippen molar-refractivity contribution in [2.45, 2.75) is 18.9 Å². The van der Waals surface area contributed by atoms with Crippen LogP contribution < -0.4 is 0 Å². The quantitative estimate of drug-likeness (QED) is 0.168. The first-order valence-corrected chi connectivity index (χ1v) is 22.0. The van der Waals surface area contributed by atoms with Crippen molar-refractivity contribution in [3.05, 3.63) is 212 Å². The Morgan fingerprint density at radius 1 is 0.438 bits per heavy atom. The lowest BCUT2D eigenvalue weighted by Crippen LogP contribution is -2.11. The molecule has 0 radical (unpaired) electrons. The Morgan fingerprint density at radius 3 is 1.70 bits per heavy atom. The minimum Gasteiger partial charge on any atom is -0.458 e. The summed E-state index contributed by atoms with van der Waals surface area (Å²) in [6.45, 7) is 0. The van der Waals surface area contributed by atoms with Crippen LogP contribution in [0.5, 0.6) is 0 Å². The number of nitrogens with zero attached hydrogens (tertiary/aromatic N) is 5. The van der Waals surface area contributed by atoms with Crippen LogP contribution in [0.1, 0.15) is 30.2 Å². The first-order valence-electron chi connectivity index (χ1n) is 22.0. The maximum atomic E-state index is 7.42. The molecular weight excluding hydrogens is 783 g/mol. The Labute approximate surface area is 369 Å². The Bertz CT molecular complexity index is 3730. The second-order valence-electron chi connectivity index (χ2n) is 16.6. The molecule has 0 amide bonds. The fourth-order valence-corrected chi connectivity index (χ4v) is 10.2. The lowest BCUT2D eigenvalue weighted by molar-refractivity contribution is 0.447. The smallest absolute Gasteiger partial charge is 0.164 e. The Balaban J connectivity index is 1.05. The lowest BCUT2D eigenvalue weighted by atomic mass is 9.96. The first kappa shape index (κ1) is 36.3. The zero-order valence-corrected chi connectivity index (χ0v) is 34.8. The van der Waals surface area contributed by atoms with E-state index in [1.165, 1.54) is 43.6 Å². The van der Waals surface area contributed by atoms with E-state index in [2.05, 4.69) is 155 Å². The van der Waals surface area contributed by atoms with Crippen molar-refractivity contribution in [3.63, 3.8) is 0 Å². The summed E-state index contributed by atoms with van der Waals surface area (Å²) < 4.78 is 12.5. The molecule has 64 heavy (non-hydrogen) atoms. The molecule has 0 saturated heterocycles. The van der Waals surface area contributed by atoms with Gasteiger partial charge in [-0.2, -0.15) is 0 Å². The minimum absolute atomic E-state index is 0.0962. The van der Waals surface area contributed by atoms with Crippen LogP contribution >= 0.6 is 0 Å². The molecule has 0 aliphatic heterocycles. The molecular formula is C58H39N5O. The third-order valence-corrected chi connectivity index (χ3v) is 13.0. The average Bonchev–Trinajstić information content (AvgIpc) is 3.97. The Kier molecular flexibility index (Phi) is 8.31. The number of rotatable bonds is 6. The molecule has 1 atom stereocenters. The van der Waals surface area contributed by atoms with Gasteiger partial charge in [-0.05, 0) is 42.7 Å². The maximum absolute atomic E-state index is 7.42. The highest BCUT2D eigenvalue weighted by molar-refractivity contribution is 6.23. The fraction of sp³-hybridized carbons (Fsp3) is 0.0517. The predicted molar refractivity (Wildman–Crippen MR) is 262 cm³/mol. The van der Waals surface area contributed by atoms with Gasteiger partial charge in [0.25, 0.3) is 0 Å². The highest BCUT2D eigenvalue weighted by Gasteiger charge is 2.31. The predicted octanol–water partition coefficient (Wildman–Crippen LogP) is 14.9. The molecule has 0 saturated carbocycles. The van der Waals surface area contributed by atoms with E-state index >= 15 is 0 Å². The van der Waals surface area contributed by atoms with Crippen LogP contribution in [-0.4, -0.2) is 24.1 Å². The first-order chi connectivity index (χ1) is 31.8. The minimum atomic E-state index is -0.0962. The van der Waals surface area contributed by atoms with E-state index in [0.717, 1.165) is 68.6 Å². The molecule has 6 heteroatoms. The summed E-state index contributed by atoms with van der Waals surface area (Å²) in [5.41, 5.74) is 12.7. The number of furan rings is 1. The number of aromatic nitrogens is 5. The van der Waals surface area contributed by atoms with Gasteiger partial charge >= 0.3 is 0 Å². The average molecular weight is 822 g/mol. The summed E-state index contributed by atoms with van der Waals surface area (Å²) in [5, 5.41) is 6.02. The van der Waals surface area contributed by atoms with E-state index in [-0.39, 0.29) is 6.04 Å². The number of fused-ring (bicyclic) bond motifs is 10. The van der Waals surface area contributed by atoms with Crippen molar-refractivity contribution in [2.75, 3.05) is 0 Å². The summed E-state index contributed by atoms with van der Waals surface area (Å²) in [7, 11) is 0. The molecule has 0 fully saturated rings. The zero-order chi connectivity index (χ0) is 42.1. The van der Waals surface area contributed by atoms with Crippen molar-refractivity contribution in [1.82, 2.24) is 24.1 Å². The van der Waals surface area contributed by atoms with Gasteiger partial charge in [-0.1, -0.05) is 182 Å². The molecule has 0 bridgehead atoms. The number of allylic oxidation sites excluding steroid dienone is 1. The van der Waals surface area contributed by atoms with Crippen molar-refractivity contribution < 1.29 is 4.42 Å². The second-order valence-corrected chi connectivity index (χ2v) is 16.6. The van der Waals surface area contributed by atoms with E-state index in [1.807, 2.05) is 60.7 Å².